The minimum Gasteiger partial charge on any atom is -0.462 e. The molecule has 4 aromatic rings. The normalized spacial score (nSPS) is 13.7. The van der Waals surface area contributed by atoms with Gasteiger partial charge in [0.25, 0.3) is 5.91 Å². The van der Waals surface area contributed by atoms with Gasteiger partial charge in [0.2, 0.25) is 0 Å². The number of anilines is 2. The molecule has 8 heteroatoms. The van der Waals surface area contributed by atoms with Gasteiger partial charge >= 0.3 is 5.97 Å². The van der Waals surface area contributed by atoms with Gasteiger partial charge in [0.05, 0.1) is 48.1 Å². The second-order valence-electron chi connectivity index (χ2n) is 7.93. The number of fused-ring (bicyclic) bond motifs is 1. The van der Waals surface area contributed by atoms with Crippen LogP contribution in [0.1, 0.15) is 34.0 Å². The molecule has 0 saturated heterocycles. The molecule has 174 valence electrons. The van der Waals surface area contributed by atoms with Crippen LogP contribution in [0.4, 0.5) is 11.4 Å². The maximum atomic E-state index is 13.1. The number of aromatic nitrogens is 3. The van der Waals surface area contributed by atoms with E-state index in [2.05, 4.69) is 20.8 Å². The maximum absolute atomic E-state index is 13.1. The Hall–Kier alpha value is -4.72. The predicted molar refractivity (Wildman–Crippen MR) is 133 cm³/mol. The van der Waals surface area contributed by atoms with Crippen molar-refractivity contribution in [2.24, 2.45) is 0 Å². The molecule has 35 heavy (non-hydrogen) atoms. The van der Waals surface area contributed by atoms with Crippen molar-refractivity contribution in [3.8, 4) is 0 Å². The molecule has 1 aliphatic heterocycles. The lowest BCUT2D eigenvalue weighted by atomic mass is 9.99. The largest absolute Gasteiger partial charge is 0.462 e. The lowest BCUT2D eigenvalue weighted by Crippen LogP contribution is -2.10. The first-order chi connectivity index (χ1) is 17.1. The first-order valence-corrected chi connectivity index (χ1v) is 11.2. The third-order valence-electron chi connectivity index (χ3n) is 5.60. The van der Waals surface area contributed by atoms with E-state index in [-0.39, 0.29) is 12.5 Å². The second-order valence-corrected chi connectivity index (χ2v) is 7.93. The molecule has 0 aliphatic carbocycles. The number of benzene rings is 3. The van der Waals surface area contributed by atoms with Gasteiger partial charge in [-0.1, -0.05) is 48.5 Å². The van der Waals surface area contributed by atoms with Gasteiger partial charge in [0.15, 0.2) is 0 Å². The molecule has 8 nitrogen and oxygen atoms in total. The highest BCUT2D eigenvalue weighted by atomic mass is 16.5. The number of ether oxygens (including phenoxy) is 1. The molecule has 0 spiro atoms. The highest BCUT2D eigenvalue weighted by Gasteiger charge is 2.29. The van der Waals surface area contributed by atoms with Gasteiger partial charge in [-0.25, -0.2) is 4.79 Å². The summed E-state index contributed by atoms with van der Waals surface area (Å²) in [4.78, 5) is 26.9. The smallest absolute Gasteiger partial charge is 0.338 e. The van der Waals surface area contributed by atoms with Crippen LogP contribution in [0.3, 0.4) is 0 Å². The van der Waals surface area contributed by atoms with Gasteiger partial charge in [0, 0.05) is 11.3 Å². The minimum atomic E-state index is -0.422. The zero-order valence-corrected chi connectivity index (χ0v) is 19.1. The van der Waals surface area contributed by atoms with E-state index in [1.165, 1.54) is 0 Å². The average molecular weight is 466 g/mol. The van der Waals surface area contributed by atoms with Crippen molar-refractivity contribution in [2.75, 3.05) is 17.2 Å². The molecule has 0 atom stereocenters. The Morgan fingerprint density at radius 2 is 1.71 bits per heavy atom. The van der Waals surface area contributed by atoms with Gasteiger partial charge in [-0.2, -0.15) is 15.0 Å². The second kappa shape index (κ2) is 9.64. The van der Waals surface area contributed by atoms with Crippen LogP contribution in [0.5, 0.6) is 0 Å². The summed E-state index contributed by atoms with van der Waals surface area (Å²) in [7, 11) is 0. The fourth-order valence-electron chi connectivity index (χ4n) is 3.97. The standard InChI is InChI=1S/C27H23N5O3/c1-2-35-27(34)20-10-13-22-23(16-20)31-26(33)24(22)25(19-6-4-3-5-7-19)30-21-11-8-18(9-12-21)17-32-28-14-15-29-32/h3-16,30H,2,17H2,1H3,(H,31,33)/b25-24-. The number of rotatable bonds is 7. The highest BCUT2D eigenvalue weighted by Crippen LogP contribution is 2.38. The quantitative estimate of drug-likeness (QED) is 0.309. The molecule has 0 bridgehead atoms. The van der Waals surface area contributed by atoms with E-state index < -0.39 is 5.97 Å². The zero-order chi connectivity index (χ0) is 24.2. The minimum absolute atomic E-state index is 0.242. The van der Waals surface area contributed by atoms with Gasteiger partial charge in [-0.15, -0.1) is 0 Å². The third-order valence-corrected chi connectivity index (χ3v) is 5.60. The van der Waals surface area contributed by atoms with Gasteiger partial charge in [-0.05, 0) is 42.3 Å². The Labute approximate surface area is 202 Å². The van der Waals surface area contributed by atoms with Crippen molar-refractivity contribution < 1.29 is 14.3 Å². The van der Waals surface area contributed by atoms with Crippen molar-refractivity contribution in [3.63, 3.8) is 0 Å². The lowest BCUT2D eigenvalue weighted by Gasteiger charge is -2.15. The first kappa shape index (κ1) is 22.1. The SMILES string of the molecule is CCOC(=O)c1ccc2c(c1)NC(=O)/C2=C(\Nc1ccc(Cn2nccn2)cc1)c1ccccc1. The fourth-order valence-corrected chi connectivity index (χ4v) is 3.97. The van der Waals surface area contributed by atoms with E-state index in [1.54, 1.807) is 42.3 Å². The van der Waals surface area contributed by atoms with Gasteiger partial charge in [-0.3, -0.25) is 4.79 Å². The number of nitrogens with one attached hydrogen (secondary N) is 2. The Kier molecular flexibility index (Phi) is 6.09. The maximum Gasteiger partial charge on any atom is 0.338 e. The molecule has 0 fully saturated rings. The van der Waals surface area contributed by atoms with Crippen molar-refractivity contribution >= 4 is 34.5 Å². The van der Waals surface area contributed by atoms with Crippen LogP contribution in [0.2, 0.25) is 0 Å². The number of carbonyl (C=O) groups is 2. The van der Waals surface area contributed by atoms with Crippen LogP contribution in [-0.2, 0) is 16.1 Å². The van der Waals surface area contributed by atoms with Crippen molar-refractivity contribution in [3.05, 3.63) is 107 Å². The average Bonchev–Trinajstić information content (AvgIpc) is 3.50. The van der Waals surface area contributed by atoms with Crippen LogP contribution < -0.4 is 10.6 Å². The molecule has 1 aromatic heterocycles. The molecule has 1 amide bonds. The Morgan fingerprint density at radius 1 is 0.971 bits per heavy atom. The fraction of sp³-hybridized carbons (Fsp3) is 0.111. The number of hydrogen-bond acceptors (Lipinski definition) is 6. The van der Waals surface area contributed by atoms with E-state index in [1.807, 2.05) is 54.6 Å². The summed E-state index contributed by atoms with van der Waals surface area (Å²) in [5.41, 5.74) is 5.62. The molecule has 0 unspecified atom stereocenters. The van der Waals surface area contributed by atoms with Gasteiger partial charge < -0.3 is 15.4 Å². The third kappa shape index (κ3) is 4.67. The summed E-state index contributed by atoms with van der Waals surface area (Å²) < 4.78 is 5.09. The highest BCUT2D eigenvalue weighted by molar-refractivity contribution is 6.37. The molecular weight excluding hydrogens is 442 g/mol. The summed E-state index contributed by atoms with van der Waals surface area (Å²) >= 11 is 0. The van der Waals surface area contributed by atoms with Crippen LogP contribution in [-0.4, -0.2) is 33.5 Å². The van der Waals surface area contributed by atoms with E-state index >= 15 is 0 Å². The summed E-state index contributed by atoms with van der Waals surface area (Å²) in [6, 6.07) is 22.7. The first-order valence-electron chi connectivity index (χ1n) is 11.2. The van der Waals surface area contributed by atoms with Crippen molar-refractivity contribution in [1.29, 1.82) is 0 Å². The molecule has 0 radical (unpaired) electrons. The van der Waals surface area contributed by atoms with Crippen molar-refractivity contribution in [2.45, 2.75) is 13.5 Å². The van der Waals surface area contributed by atoms with E-state index in [0.717, 1.165) is 22.4 Å². The Balaban J connectivity index is 1.51. The number of esters is 1. The van der Waals surface area contributed by atoms with E-state index in [0.29, 0.717) is 29.1 Å². The molecule has 1 aliphatic rings. The van der Waals surface area contributed by atoms with E-state index in [9.17, 15) is 9.59 Å². The Bertz CT molecular complexity index is 1390. The zero-order valence-electron chi connectivity index (χ0n) is 19.1. The number of nitrogens with zero attached hydrogens (tertiary/aromatic N) is 3. The van der Waals surface area contributed by atoms with Crippen LogP contribution in [0.15, 0.2) is 85.2 Å². The van der Waals surface area contributed by atoms with Crippen LogP contribution >= 0.6 is 0 Å². The molecule has 2 heterocycles. The van der Waals surface area contributed by atoms with Crippen molar-refractivity contribution in [1.82, 2.24) is 15.0 Å². The number of amides is 1. The van der Waals surface area contributed by atoms with Crippen LogP contribution in [0, 0.1) is 0 Å². The lowest BCUT2D eigenvalue weighted by molar-refractivity contribution is -0.110. The van der Waals surface area contributed by atoms with E-state index in [4.69, 9.17) is 4.74 Å². The summed E-state index contributed by atoms with van der Waals surface area (Å²) in [6.07, 6.45) is 3.29. The van der Waals surface area contributed by atoms with Gasteiger partial charge in [0.1, 0.15) is 0 Å². The summed E-state index contributed by atoms with van der Waals surface area (Å²) in [5.74, 6) is -0.664. The molecule has 0 saturated carbocycles. The monoisotopic (exact) mass is 465 g/mol. The molecule has 3 aromatic carbocycles. The molecular formula is C27H23N5O3. The number of hydrogen-bond donors (Lipinski definition) is 2. The van der Waals surface area contributed by atoms with Crippen LogP contribution in [0.25, 0.3) is 11.3 Å². The number of carbonyl (C=O) groups excluding carboxylic acids is 2. The topological polar surface area (TPSA) is 98.1 Å². The summed E-state index contributed by atoms with van der Waals surface area (Å²) in [6.45, 7) is 2.61. The Morgan fingerprint density at radius 3 is 2.43 bits per heavy atom. The molecule has 2 N–H and O–H groups in total. The molecule has 5 rings (SSSR count). The summed E-state index contributed by atoms with van der Waals surface area (Å²) in [5, 5.41) is 14.6. The predicted octanol–water partition coefficient (Wildman–Crippen LogP) is 4.44.